The molecule has 196 valence electrons. The number of nitrogens with zero attached hydrogens (tertiary/aromatic N) is 2. The zero-order valence-electron chi connectivity index (χ0n) is 20.8. The largest absolute Gasteiger partial charge is 0.493 e. The number of thiazole rings is 1. The first-order chi connectivity index (χ1) is 18.0. The van der Waals surface area contributed by atoms with E-state index in [2.05, 4.69) is 5.43 Å². The van der Waals surface area contributed by atoms with Crippen molar-refractivity contribution in [2.75, 3.05) is 20.8 Å². The maximum atomic E-state index is 11.7. The molecule has 0 saturated heterocycles. The molecule has 3 N–H and O–H groups in total. The summed E-state index contributed by atoms with van der Waals surface area (Å²) in [6, 6.07) is 11.5. The molecule has 0 bridgehead atoms. The number of hydrogen-bond donors (Lipinski definition) is 2. The molecular formula is C26H29ClN4O4S2. The highest BCUT2D eigenvalue weighted by Gasteiger charge is 2.32. The van der Waals surface area contributed by atoms with Crippen LogP contribution in [0.3, 0.4) is 0 Å². The van der Waals surface area contributed by atoms with Gasteiger partial charge in [-0.25, -0.2) is 15.8 Å². The number of aromatic nitrogens is 1. The minimum Gasteiger partial charge on any atom is -0.493 e. The number of ether oxygens (including phenoxy) is 3. The van der Waals surface area contributed by atoms with Crippen LogP contribution in [0.25, 0.3) is 0 Å². The van der Waals surface area contributed by atoms with Gasteiger partial charge < -0.3 is 19.6 Å². The van der Waals surface area contributed by atoms with Crippen molar-refractivity contribution in [2.45, 2.75) is 36.7 Å². The van der Waals surface area contributed by atoms with E-state index in [0.29, 0.717) is 48.2 Å². The highest BCUT2D eigenvalue weighted by atomic mass is 35.5. The van der Waals surface area contributed by atoms with Crippen LogP contribution in [-0.4, -0.2) is 42.9 Å². The molecule has 11 heteroatoms. The fourth-order valence-electron chi connectivity index (χ4n) is 4.15. The first-order valence-corrected chi connectivity index (χ1v) is 14.0. The lowest BCUT2D eigenvalue weighted by Gasteiger charge is -2.24. The van der Waals surface area contributed by atoms with Crippen LogP contribution in [-0.2, 0) is 22.4 Å². The second kappa shape index (κ2) is 12.6. The van der Waals surface area contributed by atoms with Crippen molar-refractivity contribution in [3.05, 3.63) is 68.6 Å². The van der Waals surface area contributed by atoms with Gasteiger partial charge in [-0.3, -0.25) is 4.79 Å². The number of rotatable bonds is 9. The molecule has 4 rings (SSSR count). The van der Waals surface area contributed by atoms with Crippen molar-refractivity contribution in [3.8, 4) is 11.5 Å². The summed E-state index contributed by atoms with van der Waals surface area (Å²) >= 11 is 9.68. The molecule has 2 aromatic carbocycles. The molecule has 0 amide bonds. The van der Waals surface area contributed by atoms with Crippen LogP contribution in [0.5, 0.6) is 11.5 Å². The van der Waals surface area contributed by atoms with Gasteiger partial charge in [0.15, 0.2) is 11.5 Å². The molecular weight excluding hydrogens is 532 g/mol. The maximum absolute atomic E-state index is 11.7. The zero-order chi connectivity index (χ0) is 26.4. The van der Waals surface area contributed by atoms with E-state index >= 15 is 0 Å². The number of hydrazine groups is 1. The van der Waals surface area contributed by atoms with Gasteiger partial charge in [0.1, 0.15) is 5.84 Å². The third-order valence-corrected chi connectivity index (χ3v) is 8.49. The molecule has 3 aromatic rings. The van der Waals surface area contributed by atoms with Crippen LogP contribution < -0.4 is 20.7 Å². The number of carbonyl (C=O) groups is 1. The number of aliphatic imine (C=N–C) groups is 1. The van der Waals surface area contributed by atoms with Gasteiger partial charge in [-0.1, -0.05) is 23.7 Å². The Labute approximate surface area is 229 Å². The number of fused-ring (bicyclic) bond motifs is 1. The number of para-hydroxylation sites is 1. The van der Waals surface area contributed by atoms with Gasteiger partial charge in [0.25, 0.3) is 0 Å². The average Bonchev–Trinajstić information content (AvgIpc) is 3.29. The number of aryl methyl sites for hydroxylation is 1. The molecule has 0 radical (unpaired) electrons. The number of nitrogens with one attached hydrogen (secondary N) is 1. The number of esters is 1. The summed E-state index contributed by atoms with van der Waals surface area (Å²) in [5.74, 6) is 7.70. The van der Waals surface area contributed by atoms with Crippen molar-refractivity contribution >= 4 is 52.2 Å². The van der Waals surface area contributed by atoms with Crippen LogP contribution in [0, 0.1) is 0 Å². The maximum Gasteiger partial charge on any atom is 0.306 e. The van der Waals surface area contributed by atoms with E-state index < -0.39 is 0 Å². The number of halogens is 1. The minimum absolute atomic E-state index is 0.138. The molecule has 0 aliphatic carbocycles. The SMILES string of the molecule is CCOC(=O)CCc1csc(C[C@@H]2S[C@@H](c3cccc(OC)c3OC)c3cc(Cl)ccc3N=C2NN)n1. The van der Waals surface area contributed by atoms with E-state index in [1.165, 1.54) is 0 Å². The van der Waals surface area contributed by atoms with Gasteiger partial charge in [-0.05, 0) is 36.8 Å². The van der Waals surface area contributed by atoms with Gasteiger partial charge in [-0.2, -0.15) is 0 Å². The number of amidine groups is 1. The van der Waals surface area contributed by atoms with Gasteiger partial charge in [0.2, 0.25) is 0 Å². The van der Waals surface area contributed by atoms with E-state index in [9.17, 15) is 4.79 Å². The third-order valence-electron chi connectivity index (χ3n) is 5.83. The monoisotopic (exact) mass is 560 g/mol. The smallest absolute Gasteiger partial charge is 0.306 e. The molecule has 0 spiro atoms. The predicted molar refractivity (Wildman–Crippen MR) is 149 cm³/mol. The summed E-state index contributed by atoms with van der Waals surface area (Å²) in [6.45, 7) is 2.18. The number of nitrogens with two attached hydrogens (primary N) is 1. The van der Waals surface area contributed by atoms with Crippen molar-refractivity contribution < 1.29 is 19.0 Å². The van der Waals surface area contributed by atoms with Crippen LogP contribution in [0.4, 0.5) is 5.69 Å². The van der Waals surface area contributed by atoms with Gasteiger partial charge in [-0.15, -0.1) is 23.1 Å². The summed E-state index contributed by atoms with van der Waals surface area (Å²) in [6.07, 6.45) is 1.44. The lowest BCUT2D eigenvalue weighted by molar-refractivity contribution is -0.143. The Bertz CT molecular complexity index is 1280. The molecule has 8 nitrogen and oxygen atoms in total. The quantitative estimate of drug-likeness (QED) is 0.207. The fourth-order valence-corrected chi connectivity index (χ4v) is 6.81. The van der Waals surface area contributed by atoms with Crippen molar-refractivity contribution in [1.29, 1.82) is 0 Å². The average molecular weight is 561 g/mol. The van der Waals surface area contributed by atoms with Gasteiger partial charge in [0.05, 0.1) is 54.1 Å². The van der Waals surface area contributed by atoms with Crippen molar-refractivity contribution in [2.24, 2.45) is 10.8 Å². The number of methoxy groups -OCH3 is 2. The van der Waals surface area contributed by atoms with Gasteiger partial charge >= 0.3 is 5.97 Å². The lowest BCUT2D eigenvalue weighted by atomic mass is 10.0. The molecule has 0 saturated carbocycles. The van der Waals surface area contributed by atoms with Crippen LogP contribution in [0.1, 0.15) is 40.4 Å². The second-order valence-electron chi connectivity index (χ2n) is 8.17. The number of thioether (sulfide) groups is 1. The standard InChI is InChI=1S/C26H29ClN4O4S2/c1-4-35-23(32)11-9-16-14-36-22(29-16)13-21-26(31-28)30-19-10-8-15(27)12-18(19)25(37-21)17-6-5-7-20(33-2)24(17)34-3/h5-8,10,12,14,21,25H,4,9,11,13,28H2,1-3H3,(H,30,31)/t21-,25-/m0/s1. The number of hydrogen-bond acceptors (Lipinski definition) is 10. The number of carbonyl (C=O) groups excluding carboxylic acids is 1. The Hall–Kier alpha value is -2.79. The second-order valence-corrected chi connectivity index (χ2v) is 10.9. The Morgan fingerprint density at radius 1 is 1.19 bits per heavy atom. The third kappa shape index (κ3) is 6.38. The van der Waals surface area contributed by atoms with Crippen molar-refractivity contribution in [1.82, 2.24) is 10.4 Å². The molecule has 2 heterocycles. The van der Waals surface area contributed by atoms with Crippen LogP contribution >= 0.6 is 34.7 Å². The summed E-state index contributed by atoms with van der Waals surface area (Å²) in [5, 5.41) is 3.23. The van der Waals surface area contributed by atoms with E-state index in [0.717, 1.165) is 27.5 Å². The molecule has 0 fully saturated rings. The molecule has 37 heavy (non-hydrogen) atoms. The summed E-state index contributed by atoms with van der Waals surface area (Å²) < 4.78 is 16.4. The molecule has 1 aliphatic rings. The highest BCUT2D eigenvalue weighted by Crippen LogP contribution is 2.50. The summed E-state index contributed by atoms with van der Waals surface area (Å²) in [4.78, 5) is 21.4. The van der Waals surface area contributed by atoms with Crippen LogP contribution in [0.15, 0.2) is 46.8 Å². The Morgan fingerprint density at radius 2 is 2.03 bits per heavy atom. The molecule has 1 aromatic heterocycles. The van der Waals surface area contributed by atoms with E-state index in [4.69, 9.17) is 41.6 Å². The normalized spacial score (nSPS) is 16.8. The fraction of sp³-hybridized carbons (Fsp3) is 0.346. The van der Waals surface area contributed by atoms with Crippen molar-refractivity contribution in [3.63, 3.8) is 0 Å². The minimum atomic E-state index is -0.218. The Balaban J connectivity index is 1.67. The van der Waals surface area contributed by atoms with E-state index in [1.807, 2.05) is 41.8 Å². The highest BCUT2D eigenvalue weighted by molar-refractivity contribution is 8.01. The molecule has 1 aliphatic heterocycles. The topological polar surface area (TPSA) is 108 Å². The first kappa shape index (κ1) is 27.3. The van der Waals surface area contributed by atoms with Crippen LogP contribution in [0.2, 0.25) is 5.02 Å². The molecule has 0 unspecified atom stereocenters. The van der Waals surface area contributed by atoms with Gasteiger partial charge in [0, 0.05) is 28.8 Å². The Kier molecular flexibility index (Phi) is 9.31. The lowest BCUT2D eigenvalue weighted by Crippen LogP contribution is -2.38. The first-order valence-electron chi connectivity index (χ1n) is 11.8. The predicted octanol–water partition coefficient (Wildman–Crippen LogP) is 5.25. The summed E-state index contributed by atoms with van der Waals surface area (Å²) in [7, 11) is 3.26. The summed E-state index contributed by atoms with van der Waals surface area (Å²) in [5.41, 5.74) is 6.35. The molecule has 2 atom stereocenters. The van der Waals surface area contributed by atoms with E-state index in [-0.39, 0.29) is 16.5 Å². The Morgan fingerprint density at radius 3 is 2.76 bits per heavy atom. The number of benzene rings is 2. The zero-order valence-corrected chi connectivity index (χ0v) is 23.2. The van der Waals surface area contributed by atoms with E-state index in [1.54, 1.807) is 44.2 Å².